The predicted molar refractivity (Wildman–Crippen MR) is 128 cm³/mol. The molecule has 0 fully saturated rings. The zero-order chi connectivity index (χ0) is 26.7. The second-order valence-electron chi connectivity index (χ2n) is 9.08. The molecule has 4 unspecified atom stereocenters. The van der Waals surface area contributed by atoms with Crippen LogP contribution in [0.25, 0.3) is 0 Å². The molecule has 0 saturated carbocycles. The van der Waals surface area contributed by atoms with E-state index in [4.69, 9.17) is 10.8 Å². The van der Waals surface area contributed by atoms with Gasteiger partial charge in [-0.25, -0.2) is 4.79 Å². The number of carbonyl (C=O) groups is 5. The van der Waals surface area contributed by atoms with Crippen LogP contribution < -0.4 is 21.7 Å². The number of rotatable bonds is 14. The van der Waals surface area contributed by atoms with Crippen LogP contribution >= 0.6 is 0 Å². The highest BCUT2D eigenvalue weighted by Gasteiger charge is 2.32. The van der Waals surface area contributed by atoms with Gasteiger partial charge in [0.25, 0.3) is 0 Å². The highest BCUT2D eigenvalue weighted by atomic mass is 16.4. The number of benzene rings is 1. The van der Waals surface area contributed by atoms with Crippen LogP contribution in [0.4, 0.5) is 0 Å². The molecule has 11 nitrogen and oxygen atoms in total. The quantitative estimate of drug-likeness (QED) is 0.213. The molecule has 0 aliphatic carbocycles. The predicted octanol–water partition coefficient (Wildman–Crippen LogP) is 0.272. The summed E-state index contributed by atoms with van der Waals surface area (Å²) in [6, 6.07) is 4.35. The van der Waals surface area contributed by atoms with Crippen molar-refractivity contribution in [2.45, 2.75) is 71.1 Å². The monoisotopic (exact) mass is 492 g/mol. The summed E-state index contributed by atoms with van der Waals surface area (Å²) in [5.41, 5.74) is 6.65. The van der Waals surface area contributed by atoms with Crippen LogP contribution in [0, 0.1) is 11.8 Å². The molecule has 1 rings (SSSR count). The maximum absolute atomic E-state index is 13.2. The van der Waals surface area contributed by atoms with Gasteiger partial charge >= 0.3 is 11.9 Å². The largest absolute Gasteiger partial charge is 0.481 e. The van der Waals surface area contributed by atoms with E-state index >= 15 is 0 Å². The fourth-order valence-electron chi connectivity index (χ4n) is 3.21. The number of hydrogen-bond donors (Lipinski definition) is 6. The summed E-state index contributed by atoms with van der Waals surface area (Å²) >= 11 is 0. The average Bonchev–Trinajstić information content (AvgIpc) is 2.78. The Balaban J connectivity index is 3.14. The van der Waals surface area contributed by atoms with E-state index in [0.717, 1.165) is 5.56 Å². The van der Waals surface area contributed by atoms with Crippen molar-refractivity contribution in [1.82, 2.24) is 16.0 Å². The minimum absolute atomic E-state index is 0.0975. The van der Waals surface area contributed by atoms with Crippen molar-refractivity contribution < 1.29 is 34.2 Å². The Bertz CT molecular complexity index is 889. The molecule has 7 N–H and O–H groups in total. The summed E-state index contributed by atoms with van der Waals surface area (Å²) < 4.78 is 0. The third-order valence-corrected chi connectivity index (χ3v) is 5.45. The van der Waals surface area contributed by atoms with E-state index in [-0.39, 0.29) is 18.8 Å². The first-order valence-corrected chi connectivity index (χ1v) is 11.5. The Kier molecular flexibility index (Phi) is 11.9. The van der Waals surface area contributed by atoms with E-state index in [1.807, 2.05) is 0 Å². The maximum atomic E-state index is 13.2. The number of carbonyl (C=O) groups excluding carboxylic acids is 3. The number of aliphatic carboxylic acids is 2. The van der Waals surface area contributed by atoms with Gasteiger partial charge in [0.05, 0.1) is 6.04 Å². The number of hydrogen-bond acceptors (Lipinski definition) is 6. The molecule has 0 heterocycles. The summed E-state index contributed by atoms with van der Waals surface area (Å²) in [4.78, 5) is 61.2. The van der Waals surface area contributed by atoms with Gasteiger partial charge in [-0.2, -0.15) is 0 Å². The van der Waals surface area contributed by atoms with E-state index in [9.17, 15) is 29.1 Å². The molecular weight excluding hydrogens is 456 g/mol. The smallest absolute Gasteiger partial charge is 0.326 e. The Morgan fingerprint density at radius 3 is 1.83 bits per heavy atom. The van der Waals surface area contributed by atoms with Crippen molar-refractivity contribution in [3.05, 3.63) is 35.9 Å². The molecule has 4 atom stereocenters. The first-order valence-electron chi connectivity index (χ1n) is 11.5. The molecule has 1 aromatic rings. The normalized spacial score (nSPS) is 14.5. The molecule has 3 amide bonds. The van der Waals surface area contributed by atoms with Crippen LogP contribution in [0.5, 0.6) is 0 Å². The standard InChI is InChI=1S/C24H36N4O7/c1-13(2)19(25)23(33)27-17(12-15-8-6-5-7-9-15)22(32)26-16(10-11-18(29)30)21(31)28-20(14(3)4)24(34)35/h5-9,13-14,16-17,19-20H,10-12,25H2,1-4H3,(H,26,32)(H,27,33)(H,28,31)(H,29,30)(H,34,35). The van der Waals surface area contributed by atoms with E-state index in [1.165, 1.54) is 0 Å². The number of amides is 3. The third kappa shape index (κ3) is 10.1. The second kappa shape index (κ2) is 14.1. The third-order valence-electron chi connectivity index (χ3n) is 5.45. The average molecular weight is 493 g/mol. The van der Waals surface area contributed by atoms with Gasteiger partial charge in [-0.05, 0) is 23.8 Å². The fourth-order valence-corrected chi connectivity index (χ4v) is 3.21. The Hall–Kier alpha value is -3.47. The summed E-state index contributed by atoms with van der Waals surface area (Å²) in [6.45, 7) is 6.73. The summed E-state index contributed by atoms with van der Waals surface area (Å²) in [5, 5.41) is 25.9. The summed E-state index contributed by atoms with van der Waals surface area (Å²) in [5.74, 6) is -5.18. The molecular formula is C24H36N4O7. The Morgan fingerprint density at radius 2 is 1.34 bits per heavy atom. The van der Waals surface area contributed by atoms with Gasteiger partial charge < -0.3 is 31.9 Å². The van der Waals surface area contributed by atoms with E-state index in [2.05, 4.69) is 16.0 Å². The Morgan fingerprint density at radius 1 is 0.800 bits per heavy atom. The lowest BCUT2D eigenvalue weighted by molar-refractivity contribution is -0.144. The Labute approximate surface area is 204 Å². The topological polar surface area (TPSA) is 188 Å². The lowest BCUT2D eigenvalue weighted by atomic mass is 10.0. The molecule has 0 aliphatic heterocycles. The van der Waals surface area contributed by atoms with Crippen molar-refractivity contribution >= 4 is 29.7 Å². The number of carboxylic acids is 2. The van der Waals surface area contributed by atoms with Crippen LogP contribution in [-0.4, -0.2) is 64.0 Å². The fraction of sp³-hybridized carbons (Fsp3) is 0.542. The first-order chi connectivity index (χ1) is 16.3. The van der Waals surface area contributed by atoms with Crippen molar-refractivity contribution in [1.29, 1.82) is 0 Å². The second-order valence-corrected chi connectivity index (χ2v) is 9.08. The highest BCUT2D eigenvalue weighted by Crippen LogP contribution is 2.08. The van der Waals surface area contributed by atoms with E-state index in [1.54, 1.807) is 58.0 Å². The minimum atomic E-state index is -1.33. The van der Waals surface area contributed by atoms with Crippen molar-refractivity contribution in [3.63, 3.8) is 0 Å². The molecule has 0 aromatic heterocycles. The van der Waals surface area contributed by atoms with Crippen molar-refractivity contribution in [2.24, 2.45) is 17.6 Å². The summed E-state index contributed by atoms with van der Waals surface area (Å²) in [7, 11) is 0. The minimum Gasteiger partial charge on any atom is -0.481 e. The SMILES string of the molecule is CC(C)C(N)C(=O)NC(Cc1ccccc1)C(=O)NC(CCC(=O)O)C(=O)NC(C(=O)O)C(C)C. The molecule has 35 heavy (non-hydrogen) atoms. The summed E-state index contributed by atoms with van der Waals surface area (Å²) in [6.07, 6.45) is -0.610. The molecule has 0 aliphatic rings. The van der Waals surface area contributed by atoms with Gasteiger partial charge in [0.1, 0.15) is 18.1 Å². The molecule has 11 heteroatoms. The lowest BCUT2D eigenvalue weighted by Crippen LogP contribution is -2.58. The van der Waals surface area contributed by atoms with E-state index in [0.29, 0.717) is 0 Å². The number of nitrogens with two attached hydrogens (primary N) is 1. The molecule has 0 bridgehead atoms. The molecule has 1 aromatic carbocycles. The van der Waals surface area contributed by atoms with Gasteiger partial charge in [0, 0.05) is 12.8 Å². The van der Waals surface area contributed by atoms with Gasteiger partial charge in [-0.3, -0.25) is 19.2 Å². The van der Waals surface area contributed by atoms with E-state index < -0.39 is 66.2 Å². The van der Waals surface area contributed by atoms with Crippen molar-refractivity contribution in [3.8, 4) is 0 Å². The number of carboxylic acid groups (broad SMARTS) is 2. The zero-order valence-corrected chi connectivity index (χ0v) is 20.5. The van der Waals surface area contributed by atoms with Crippen LogP contribution in [0.2, 0.25) is 0 Å². The van der Waals surface area contributed by atoms with Gasteiger partial charge in [-0.1, -0.05) is 58.0 Å². The van der Waals surface area contributed by atoms with Crippen LogP contribution in [0.1, 0.15) is 46.1 Å². The van der Waals surface area contributed by atoms with Gasteiger partial charge in [-0.15, -0.1) is 0 Å². The lowest BCUT2D eigenvalue weighted by Gasteiger charge is -2.26. The molecule has 0 spiro atoms. The maximum Gasteiger partial charge on any atom is 0.326 e. The van der Waals surface area contributed by atoms with Gasteiger partial charge in [0.2, 0.25) is 17.7 Å². The molecule has 0 radical (unpaired) electrons. The zero-order valence-electron chi connectivity index (χ0n) is 20.5. The van der Waals surface area contributed by atoms with Crippen LogP contribution in [-0.2, 0) is 30.4 Å². The highest BCUT2D eigenvalue weighted by molar-refractivity contribution is 5.94. The molecule has 194 valence electrons. The van der Waals surface area contributed by atoms with Gasteiger partial charge in [0.15, 0.2) is 0 Å². The molecule has 0 saturated heterocycles. The first kappa shape index (κ1) is 29.6. The number of nitrogens with one attached hydrogen (secondary N) is 3. The van der Waals surface area contributed by atoms with Crippen LogP contribution in [0.3, 0.4) is 0 Å². The van der Waals surface area contributed by atoms with Crippen LogP contribution in [0.15, 0.2) is 30.3 Å². The van der Waals surface area contributed by atoms with Crippen molar-refractivity contribution in [2.75, 3.05) is 0 Å².